The second-order valence-corrected chi connectivity index (χ2v) is 5.51. The summed E-state index contributed by atoms with van der Waals surface area (Å²) in [5, 5.41) is 9.35. The van der Waals surface area contributed by atoms with Gasteiger partial charge in [-0.05, 0) is 38.3 Å². The molecule has 1 saturated carbocycles. The van der Waals surface area contributed by atoms with Crippen LogP contribution in [0.25, 0.3) is 0 Å². The second-order valence-electron chi connectivity index (χ2n) is 5.51. The normalized spacial score (nSPS) is 19.4. The van der Waals surface area contributed by atoms with Crippen molar-refractivity contribution in [3.8, 4) is 0 Å². The third-order valence-corrected chi connectivity index (χ3v) is 4.19. The van der Waals surface area contributed by atoms with Gasteiger partial charge in [0.25, 0.3) is 0 Å². The lowest BCUT2D eigenvalue weighted by molar-refractivity contribution is 0.0377. The van der Waals surface area contributed by atoms with Gasteiger partial charge in [-0.15, -0.1) is 0 Å². The number of aliphatic hydroxyl groups excluding tert-OH is 1. The topological polar surface area (TPSA) is 62.6 Å². The van der Waals surface area contributed by atoms with Crippen LogP contribution in [-0.2, 0) is 0 Å². The van der Waals surface area contributed by atoms with Crippen molar-refractivity contribution in [3.05, 3.63) is 23.7 Å². The smallest absolute Gasteiger partial charge is 0.122 e. The van der Waals surface area contributed by atoms with Crippen LogP contribution in [0.5, 0.6) is 0 Å². The maximum Gasteiger partial charge on any atom is 0.122 e. The Labute approximate surface area is 115 Å². The van der Waals surface area contributed by atoms with Crippen molar-refractivity contribution < 1.29 is 9.52 Å². The van der Waals surface area contributed by atoms with E-state index < -0.39 is 0 Å². The summed E-state index contributed by atoms with van der Waals surface area (Å²) in [4.78, 5) is 2.34. The first kappa shape index (κ1) is 14.6. The quantitative estimate of drug-likeness (QED) is 0.794. The number of hydrogen-bond acceptors (Lipinski definition) is 4. The fourth-order valence-electron chi connectivity index (χ4n) is 2.84. The molecule has 2 atom stereocenters. The summed E-state index contributed by atoms with van der Waals surface area (Å²) in [6.07, 6.45) is 4.58. The molecule has 3 N–H and O–H groups in total. The second kappa shape index (κ2) is 6.55. The number of furan rings is 1. The van der Waals surface area contributed by atoms with Crippen molar-refractivity contribution >= 4 is 0 Å². The molecule has 0 bridgehead atoms. The first-order valence-electron chi connectivity index (χ1n) is 7.35. The number of hydrogen-bond donors (Lipinski definition) is 2. The highest BCUT2D eigenvalue weighted by molar-refractivity contribution is 5.13. The molecule has 4 heteroatoms. The fourth-order valence-corrected chi connectivity index (χ4v) is 2.84. The van der Waals surface area contributed by atoms with E-state index >= 15 is 0 Å². The molecule has 0 saturated heterocycles. The maximum absolute atomic E-state index is 9.35. The predicted molar refractivity (Wildman–Crippen MR) is 75.9 cm³/mol. The number of nitrogens with two attached hydrogens (primary N) is 1. The molecule has 1 heterocycles. The minimum absolute atomic E-state index is 0.0395. The zero-order valence-electron chi connectivity index (χ0n) is 12.0. The summed E-state index contributed by atoms with van der Waals surface area (Å²) in [5.41, 5.74) is 6.32. The van der Waals surface area contributed by atoms with Gasteiger partial charge in [0.05, 0.1) is 12.6 Å². The Morgan fingerprint density at radius 3 is 2.63 bits per heavy atom. The SMILES string of the molecule is CCC(N)C(c1ccc(C)o1)N(CCO)C1CCC1. The Bertz CT molecular complexity index is 387. The molecule has 1 aromatic rings. The Hall–Kier alpha value is -0.840. The predicted octanol–water partition coefficient (Wildman–Crippen LogP) is 2.21. The molecule has 0 aliphatic heterocycles. The van der Waals surface area contributed by atoms with Gasteiger partial charge in [0.2, 0.25) is 0 Å². The van der Waals surface area contributed by atoms with Gasteiger partial charge in [-0.3, -0.25) is 4.90 Å². The molecule has 1 aromatic heterocycles. The highest BCUT2D eigenvalue weighted by Crippen LogP contribution is 2.34. The van der Waals surface area contributed by atoms with Crippen LogP contribution in [0.2, 0.25) is 0 Å². The van der Waals surface area contributed by atoms with Crippen LogP contribution in [0.4, 0.5) is 0 Å². The van der Waals surface area contributed by atoms with Gasteiger partial charge >= 0.3 is 0 Å². The Morgan fingerprint density at radius 2 is 2.21 bits per heavy atom. The van der Waals surface area contributed by atoms with Crippen LogP contribution in [0.15, 0.2) is 16.5 Å². The Morgan fingerprint density at radius 1 is 1.47 bits per heavy atom. The first-order chi connectivity index (χ1) is 9.17. The summed E-state index contributed by atoms with van der Waals surface area (Å²) in [7, 11) is 0. The van der Waals surface area contributed by atoms with E-state index in [0.29, 0.717) is 12.6 Å². The molecule has 1 aliphatic carbocycles. The summed E-state index contributed by atoms with van der Waals surface area (Å²) >= 11 is 0. The van der Waals surface area contributed by atoms with E-state index in [1.54, 1.807) is 0 Å². The zero-order chi connectivity index (χ0) is 13.8. The number of aryl methyl sites for hydroxylation is 1. The third kappa shape index (κ3) is 3.19. The molecule has 2 unspecified atom stereocenters. The number of aliphatic hydroxyl groups is 1. The standard InChI is InChI=1S/C15H26N2O2/c1-3-13(16)15(14-8-7-11(2)19-14)17(9-10-18)12-5-4-6-12/h7-8,12-13,15,18H,3-6,9-10,16H2,1-2H3. The van der Waals surface area contributed by atoms with Gasteiger partial charge in [0.1, 0.15) is 11.5 Å². The van der Waals surface area contributed by atoms with E-state index in [4.69, 9.17) is 10.2 Å². The van der Waals surface area contributed by atoms with Crippen LogP contribution >= 0.6 is 0 Å². The van der Waals surface area contributed by atoms with Gasteiger partial charge in [0, 0.05) is 18.6 Å². The fraction of sp³-hybridized carbons (Fsp3) is 0.733. The van der Waals surface area contributed by atoms with E-state index in [0.717, 1.165) is 17.9 Å². The van der Waals surface area contributed by atoms with Crippen molar-refractivity contribution in [2.75, 3.05) is 13.2 Å². The van der Waals surface area contributed by atoms with Gasteiger partial charge in [-0.1, -0.05) is 13.3 Å². The van der Waals surface area contributed by atoms with Crippen molar-refractivity contribution in [3.63, 3.8) is 0 Å². The lowest BCUT2D eigenvalue weighted by atomic mass is 9.88. The summed E-state index contributed by atoms with van der Waals surface area (Å²) in [5.74, 6) is 1.85. The monoisotopic (exact) mass is 266 g/mol. The lowest BCUT2D eigenvalue weighted by Gasteiger charge is -2.43. The van der Waals surface area contributed by atoms with Gasteiger partial charge < -0.3 is 15.3 Å². The van der Waals surface area contributed by atoms with Crippen molar-refractivity contribution in [2.24, 2.45) is 5.73 Å². The van der Waals surface area contributed by atoms with Crippen LogP contribution in [0.3, 0.4) is 0 Å². The molecule has 0 aromatic carbocycles. The lowest BCUT2D eigenvalue weighted by Crippen LogP contribution is -2.49. The van der Waals surface area contributed by atoms with Crippen LogP contribution in [0, 0.1) is 6.92 Å². The van der Waals surface area contributed by atoms with Gasteiger partial charge in [-0.2, -0.15) is 0 Å². The highest BCUT2D eigenvalue weighted by atomic mass is 16.3. The minimum Gasteiger partial charge on any atom is -0.465 e. The largest absolute Gasteiger partial charge is 0.465 e. The molecule has 2 rings (SSSR count). The molecule has 0 radical (unpaired) electrons. The van der Waals surface area contributed by atoms with E-state index in [1.807, 2.05) is 19.1 Å². The highest BCUT2D eigenvalue weighted by Gasteiger charge is 2.35. The number of nitrogens with zero attached hydrogens (tertiary/aromatic N) is 1. The van der Waals surface area contributed by atoms with Crippen molar-refractivity contribution in [1.82, 2.24) is 4.90 Å². The van der Waals surface area contributed by atoms with E-state index in [-0.39, 0.29) is 18.7 Å². The molecule has 19 heavy (non-hydrogen) atoms. The van der Waals surface area contributed by atoms with E-state index in [1.165, 1.54) is 19.3 Å². The van der Waals surface area contributed by atoms with Crippen LogP contribution in [0.1, 0.15) is 50.2 Å². The number of rotatable bonds is 7. The zero-order valence-corrected chi connectivity index (χ0v) is 12.0. The average Bonchev–Trinajstić information content (AvgIpc) is 2.73. The van der Waals surface area contributed by atoms with Crippen molar-refractivity contribution in [1.29, 1.82) is 0 Å². The van der Waals surface area contributed by atoms with E-state index in [2.05, 4.69) is 11.8 Å². The molecule has 1 aliphatic rings. The summed E-state index contributed by atoms with van der Waals surface area (Å²) < 4.78 is 5.81. The average molecular weight is 266 g/mol. The van der Waals surface area contributed by atoms with Gasteiger partial charge in [0.15, 0.2) is 0 Å². The molecular formula is C15H26N2O2. The molecule has 0 amide bonds. The summed E-state index contributed by atoms with van der Waals surface area (Å²) in [6, 6.07) is 4.68. The molecule has 108 valence electrons. The Balaban J connectivity index is 2.23. The van der Waals surface area contributed by atoms with E-state index in [9.17, 15) is 5.11 Å². The molecule has 4 nitrogen and oxygen atoms in total. The van der Waals surface area contributed by atoms with Crippen LogP contribution in [-0.4, -0.2) is 35.2 Å². The maximum atomic E-state index is 9.35. The molecule has 0 spiro atoms. The minimum atomic E-state index is 0.0395. The third-order valence-electron chi connectivity index (χ3n) is 4.19. The van der Waals surface area contributed by atoms with Crippen LogP contribution < -0.4 is 5.73 Å². The van der Waals surface area contributed by atoms with Gasteiger partial charge in [-0.25, -0.2) is 0 Å². The first-order valence-corrected chi connectivity index (χ1v) is 7.35. The van der Waals surface area contributed by atoms with Crippen molar-refractivity contribution in [2.45, 2.75) is 57.7 Å². The summed E-state index contributed by atoms with van der Waals surface area (Å²) in [6.45, 7) is 4.90. The molecular weight excluding hydrogens is 240 g/mol. The molecule has 1 fully saturated rings. The Kier molecular flexibility index (Phi) is 5.02.